The van der Waals surface area contributed by atoms with Crippen LogP contribution in [0.15, 0.2) is 48.0 Å². The van der Waals surface area contributed by atoms with Gasteiger partial charge in [0.15, 0.2) is 6.29 Å². The molecule has 0 aromatic rings. The van der Waals surface area contributed by atoms with Crippen molar-refractivity contribution < 1.29 is 84.0 Å². The van der Waals surface area contributed by atoms with Crippen molar-refractivity contribution in [2.45, 2.75) is 54.5 Å². The van der Waals surface area contributed by atoms with Gasteiger partial charge < -0.3 is 74.4 Å². The van der Waals surface area contributed by atoms with Crippen molar-refractivity contribution in [3.63, 3.8) is 0 Å². The lowest BCUT2D eigenvalue weighted by Crippen LogP contribution is -2.61. The lowest BCUT2D eigenvalue weighted by atomic mass is 9.79. The van der Waals surface area contributed by atoms with Crippen molar-refractivity contribution in [3.8, 4) is 0 Å². The van der Waals surface area contributed by atoms with Crippen molar-refractivity contribution in [1.29, 1.82) is 0 Å². The molecule has 3 heterocycles. The summed E-state index contributed by atoms with van der Waals surface area (Å²) in [5, 5.41) is 88.5. The Morgan fingerprint density at radius 3 is 1.78 bits per heavy atom. The van der Waals surface area contributed by atoms with Crippen LogP contribution in [0.25, 0.3) is 0 Å². The Morgan fingerprint density at radius 1 is 0.756 bits per heavy atom. The molecule has 17 nitrogen and oxygen atoms in total. The van der Waals surface area contributed by atoms with E-state index in [-0.39, 0.29) is 11.1 Å². The molecule has 9 N–H and O–H groups in total. The standard InChI is InChI=1S/C17H24O11.C11H14O6/c1-25-14(23)8-5-26-15(10-7(8)2-3-17(10,24)6-19)28-16-13(22)12(21)11(20)9(4-18)27-16;1-16-9(13)7-4-17-10(14)8-6(7)2-3-11(8,15)5-12/h2-3,5,7,9-13,15-16,18-22,24H,4,6H2,1H3;2-4,6,8,10,12,14-15H,5H2,1H3/t7-,9-,10-,11-,12+,13-,15+,16?,17-;6-,8-,10-,11-/m11/s1. The zero-order chi connectivity index (χ0) is 33.3. The summed E-state index contributed by atoms with van der Waals surface area (Å²) in [6, 6.07) is 0. The summed E-state index contributed by atoms with van der Waals surface area (Å²) in [7, 11) is 2.42. The molecule has 45 heavy (non-hydrogen) atoms. The fourth-order valence-corrected chi connectivity index (χ4v) is 6.01. The SMILES string of the molecule is COC(=O)C1=CO[C@@H](O)[C@H]2[C@@H]1C=C[C@@]2(O)CO.COC(=O)C1=CO[C@@H](OC2O[C@H](CO)[C@@H](O)[C@H](O)[C@H]2O)[C@H]2[C@@H]1C=C[C@@]2(O)CO. The molecule has 1 unspecified atom stereocenters. The number of ether oxygens (including phenoxy) is 6. The van der Waals surface area contributed by atoms with Crippen LogP contribution in [0.5, 0.6) is 0 Å². The van der Waals surface area contributed by atoms with Gasteiger partial charge in [-0.25, -0.2) is 9.59 Å². The fraction of sp³-hybridized carbons (Fsp3) is 0.643. The summed E-state index contributed by atoms with van der Waals surface area (Å²) in [6.07, 6.45) is -2.20. The van der Waals surface area contributed by atoms with Gasteiger partial charge in [-0.15, -0.1) is 0 Å². The molecule has 0 radical (unpaired) electrons. The molecule has 1 fully saturated rings. The van der Waals surface area contributed by atoms with E-state index < -0.39 is 110 Å². The Morgan fingerprint density at radius 2 is 1.27 bits per heavy atom. The maximum Gasteiger partial charge on any atom is 0.337 e. The number of carbonyl (C=O) groups is 2. The van der Waals surface area contributed by atoms with Gasteiger partial charge in [-0.2, -0.15) is 0 Å². The molecule has 2 aliphatic carbocycles. The van der Waals surface area contributed by atoms with Gasteiger partial charge in [-0.3, -0.25) is 0 Å². The number of fused-ring (bicyclic) bond motifs is 2. The Kier molecular flexibility index (Phi) is 10.7. The van der Waals surface area contributed by atoms with E-state index in [0.717, 1.165) is 12.5 Å². The predicted molar refractivity (Wildman–Crippen MR) is 143 cm³/mol. The van der Waals surface area contributed by atoms with Crippen LogP contribution in [0.1, 0.15) is 0 Å². The van der Waals surface area contributed by atoms with E-state index in [1.165, 1.54) is 32.4 Å². The topological polar surface area (TPSA) is 272 Å². The summed E-state index contributed by atoms with van der Waals surface area (Å²) >= 11 is 0. The Labute approximate surface area is 256 Å². The Balaban J connectivity index is 0.000000231. The first-order valence-corrected chi connectivity index (χ1v) is 13.9. The summed E-state index contributed by atoms with van der Waals surface area (Å²) in [5.41, 5.74) is -3.07. The molecule has 0 aromatic carbocycles. The van der Waals surface area contributed by atoms with Crippen molar-refractivity contribution >= 4 is 11.9 Å². The van der Waals surface area contributed by atoms with Gasteiger partial charge in [-0.1, -0.05) is 24.3 Å². The number of aliphatic hydroxyl groups excluding tert-OH is 7. The Hall–Kier alpha value is -2.94. The van der Waals surface area contributed by atoms with Gasteiger partial charge in [0.1, 0.15) is 35.6 Å². The van der Waals surface area contributed by atoms with Crippen LogP contribution >= 0.6 is 0 Å². The van der Waals surface area contributed by atoms with Crippen LogP contribution in [-0.2, 0) is 38.0 Å². The van der Waals surface area contributed by atoms with Gasteiger partial charge in [0, 0.05) is 11.8 Å². The number of allylic oxidation sites excluding steroid dienone is 2. The third-order valence-electron chi connectivity index (χ3n) is 8.56. The van der Waals surface area contributed by atoms with Crippen LogP contribution in [0, 0.1) is 23.7 Å². The van der Waals surface area contributed by atoms with E-state index in [1.807, 2.05) is 0 Å². The molecule has 5 aliphatic rings. The molecule has 0 saturated carbocycles. The molecule has 252 valence electrons. The van der Waals surface area contributed by atoms with Gasteiger partial charge >= 0.3 is 11.9 Å². The number of methoxy groups -OCH3 is 2. The normalized spacial score (nSPS) is 43.0. The predicted octanol–water partition coefficient (Wildman–Crippen LogP) is -4.34. The van der Waals surface area contributed by atoms with Crippen molar-refractivity contribution in [2.24, 2.45) is 23.7 Å². The fourth-order valence-electron chi connectivity index (χ4n) is 6.01. The molecule has 5 rings (SSSR count). The first kappa shape index (κ1) is 34.9. The molecule has 1 saturated heterocycles. The van der Waals surface area contributed by atoms with E-state index in [9.17, 15) is 50.4 Å². The van der Waals surface area contributed by atoms with Crippen LogP contribution in [0.2, 0.25) is 0 Å². The molecular formula is C28H38O17. The molecule has 13 atom stereocenters. The van der Waals surface area contributed by atoms with Gasteiger partial charge in [-0.05, 0) is 0 Å². The quantitative estimate of drug-likeness (QED) is 0.0934. The second-order valence-electron chi connectivity index (χ2n) is 11.1. The highest BCUT2D eigenvalue weighted by atomic mass is 16.8. The van der Waals surface area contributed by atoms with Gasteiger partial charge in [0.2, 0.25) is 12.6 Å². The molecule has 3 aliphatic heterocycles. The Bertz CT molecular complexity index is 1210. The van der Waals surface area contributed by atoms with E-state index in [4.69, 9.17) is 28.8 Å². The second kappa shape index (κ2) is 13.8. The largest absolute Gasteiger partial charge is 0.472 e. The first-order chi connectivity index (χ1) is 21.3. The summed E-state index contributed by atoms with van der Waals surface area (Å²) in [6.45, 7) is -1.90. The average Bonchev–Trinajstić information content (AvgIpc) is 3.60. The molecule has 0 amide bonds. The second-order valence-corrected chi connectivity index (χ2v) is 11.1. The zero-order valence-corrected chi connectivity index (χ0v) is 24.2. The van der Waals surface area contributed by atoms with Crippen molar-refractivity contribution in [2.75, 3.05) is 34.0 Å². The van der Waals surface area contributed by atoms with Crippen molar-refractivity contribution in [1.82, 2.24) is 0 Å². The highest BCUT2D eigenvalue weighted by Crippen LogP contribution is 2.46. The van der Waals surface area contributed by atoms with Crippen LogP contribution in [-0.4, -0.2) is 146 Å². The van der Waals surface area contributed by atoms with Crippen LogP contribution in [0.4, 0.5) is 0 Å². The van der Waals surface area contributed by atoms with Crippen molar-refractivity contribution in [3.05, 3.63) is 48.0 Å². The minimum atomic E-state index is -1.79. The highest BCUT2D eigenvalue weighted by molar-refractivity contribution is 5.90. The molecule has 0 aromatic heterocycles. The number of aliphatic hydroxyl groups is 9. The first-order valence-electron chi connectivity index (χ1n) is 13.9. The lowest BCUT2D eigenvalue weighted by molar-refractivity contribution is -0.346. The highest BCUT2D eigenvalue weighted by Gasteiger charge is 2.56. The van der Waals surface area contributed by atoms with E-state index in [1.54, 1.807) is 6.08 Å². The molecule has 0 bridgehead atoms. The van der Waals surface area contributed by atoms with Crippen LogP contribution in [0.3, 0.4) is 0 Å². The summed E-state index contributed by atoms with van der Waals surface area (Å²) in [5.74, 6) is -4.32. The molecular weight excluding hydrogens is 608 g/mol. The zero-order valence-electron chi connectivity index (χ0n) is 24.2. The number of hydrogen-bond donors (Lipinski definition) is 9. The van der Waals surface area contributed by atoms with Crippen LogP contribution < -0.4 is 0 Å². The number of esters is 2. The van der Waals surface area contributed by atoms with E-state index >= 15 is 0 Å². The minimum Gasteiger partial charge on any atom is -0.472 e. The van der Waals surface area contributed by atoms with Gasteiger partial charge in [0.05, 0.1) is 69.5 Å². The minimum absolute atomic E-state index is 0.0989. The monoisotopic (exact) mass is 646 g/mol. The van der Waals surface area contributed by atoms with Gasteiger partial charge in [0.25, 0.3) is 0 Å². The summed E-state index contributed by atoms with van der Waals surface area (Å²) < 4.78 is 30.5. The average molecular weight is 647 g/mol. The smallest absolute Gasteiger partial charge is 0.337 e. The van der Waals surface area contributed by atoms with E-state index in [2.05, 4.69) is 4.74 Å². The lowest BCUT2D eigenvalue weighted by Gasteiger charge is -2.44. The summed E-state index contributed by atoms with van der Waals surface area (Å²) in [4.78, 5) is 23.5. The third kappa shape index (κ3) is 6.38. The third-order valence-corrected chi connectivity index (χ3v) is 8.56. The number of carbonyl (C=O) groups excluding carboxylic acids is 2. The number of rotatable bonds is 7. The maximum absolute atomic E-state index is 12.0. The molecule has 17 heteroatoms. The maximum atomic E-state index is 12.0. The number of hydrogen-bond acceptors (Lipinski definition) is 17. The van der Waals surface area contributed by atoms with E-state index in [0.29, 0.717) is 0 Å². The molecule has 0 spiro atoms.